The van der Waals surface area contributed by atoms with Gasteiger partial charge in [-0.05, 0) is 6.92 Å². The summed E-state index contributed by atoms with van der Waals surface area (Å²) in [6.07, 6.45) is 2.01. The minimum atomic E-state index is -0.192. The highest BCUT2D eigenvalue weighted by molar-refractivity contribution is 5.80. The van der Waals surface area contributed by atoms with Crippen molar-refractivity contribution in [3.8, 4) is 0 Å². The number of hydrogen-bond donors (Lipinski definition) is 1. The number of nitrogens with one attached hydrogen (secondary N) is 1. The van der Waals surface area contributed by atoms with Crippen molar-refractivity contribution in [1.82, 2.24) is 20.0 Å². The van der Waals surface area contributed by atoms with Gasteiger partial charge in [-0.3, -0.25) is 9.48 Å². The number of carbonyl (C=O) groups excluding carboxylic acids is 1. The van der Waals surface area contributed by atoms with Crippen molar-refractivity contribution < 1.29 is 4.79 Å². The lowest BCUT2D eigenvalue weighted by molar-refractivity contribution is -0.130. The van der Waals surface area contributed by atoms with E-state index in [1.807, 2.05) is 24.9 Å². The third-order valence-corrected chi connectivity index (χ3v) is 3.02. The number of carbonyl (C=O) groups is 1. The molecule has 0 radical (unpaired) electrons. The molecular formula is C14H26N4O. The summed E-state index contributed by atoms with van der Waals surface area (Å²) in [6.45, 7) is 8.98. The molecule has 1 aromatic rings. The van der Waals surface area contributed by atoms with Crippen LogP contribution in [0.3, 0.4) is 0 Å². The number of aromatic nitrogens is 2. The predicted molar refractivity (Wildman–Crippen MR) is 76.9 cm³/mol. The van der Waals surface area contributed by atoms with Gasteiger partial charge < -0.3 is 10.2 Å². The largest absolute Gasteiger partial charge is 0.347 e. The Balaban J connectivity index is 2.76. The molecule has 1 aromatic heterocycles. The summed E-state index contributed by atoms with van der Waals surface area (Å²) in [7, 11) is 5.46. The van der Waals surface area contributed by atoms with Crippen molar-refractivity contribution in [3.63, 3.8) is 0 Å². The predicted octanol–water partition coefficient (Wildman–Crippen LogP) is 1.28. The Morgan fingerprint density at radius 3 is 2.53 bits per heavy atom. The van der Waals surface area contributed by atoms with Crippen molar-refractivity contribution in [1.29, 1.82) is 0 Å². The molecule has 19 heavy (non-hydrogen) atoms. The number of likely N-dealkylation sites (N-methyl/N-ethyl adjacent to an activating group) is 1. The zero-order chi connectivity index (χ0) is 14.8. The van der Waals surface area contributed by atoms with E-state index in [0.29, 0.717) is 6.54 Å². The third kappa shape index (κ3) is 4.06. The molecule has 108 valence electrons. The Kier molecular flexibility index (Phi) is 4.74. The molecule has 0 aromatic carbocycles. The van der Waals surface area contributed by atoms with Crippen LogP contribution in [0.5, 0.6) is 0 Å². The first-order valence-electron chi connectivity index (χ1n) is 6.60. The number of nitrogens with zero attached hydrogens (tertiary/aromatic N) is 3. The summed E-state index contributed by atoms with van der Waals surface area (Å²) < 4.78 is 1.83. The number of amides is 1. The second-order valence-corrected chi connectivity index (χ2v) is 6.26. The van der Waals surface area contributed by atoms with Gasteiger partial charge in [0, 0.05) is 44.9 Å². The van der Waals surface area contributed by atoms with Crippen LogP contribution in [0.4, 0.5) is 0 Å². The summed E-state index contributed by atoms with van der Waals surface area (Å²) in [6, 6.07) is -0.192. The number of hydrogen-bond acceptors (Lipinski definition) is 3. The van der Waals surface area contributed by atoms with E-state index in [2.05, 4.69) is 31.2 Å². The molecule has 1 rings (SSSR count). The topological polar surface area (TPSA) is 50.2 Å². The van der Waals surface area contributed by atoms with Gasteiger partial charge in [-0.15, -0.1) is 0 Å². The number of aryl methyl sites for hydroxylation is 1. The van der Waals surface area contributed by atoms with Crippen LogP contribution < -0.4 is 5.32 Å². The molecule has 1 amide bonds. The number of rotatable bonds is 4. The molecule has 0 aliphatic rings. The first-order chi connectivity index (χ1) is 8.62. The molecule has 1 atom stereocenters. The fourth-order valence-corrected chi connectivity index (χ4v) is 2.04. The van der Waals surface area contributed by atoms with Crippen LogP contribution >= 0.6 is 0 Å². The Bertz CT molecular complexity index is 443. The molecule has 5 heteroatoms. The van der Waals surface area contributed by atoms with Crippen LogP contribution in [0.25, 0.3) is 0 Å². The zero-order valence-electron chi connectivity index (χ0n) is 13.1. The molecule has 0 aliphatic carbocycles. The smallest absolute Gasteiger partial charge is 0.238 e. The van der Waals surface area contributed by atoms with Crippen molar-refractivity contribution in [2.24, 2.45) is 7.05 Å². The van der Waals surface area contributed by atoms with Crippen LogP contribution in [0.1, 0.15) is 39.0 Å². The van der Waals surface area contributed by atoms with Gasteiger partial charge in [-0.25, -0.2) is 0 Å². The lowest BCUT2D eigenvalue weighted by Gasteiger charge is -2.20. The summed E-state index contributed by atoms with van der Waals surface area (Å²) >= 11 is 0. The Morgan fingerprint density at radius 2 is 2.05 bits per heavy atom. The second-order valence-electron chi connectivity index (χ2n) is 6.26. The first-order valence-corrected chi connectivity index (χ1v) is 6.60. The summed E-state index contributed by atoms with van der Waals surface area (Å²) in [5.41, 5.74) is 2.23. The van der Waals surface area contributed by atoms with E-state index in [-0.39, 0.29) is 17.4 Å². The van der Waals surface area contributed by atoms with Crippen LogP contribution in [0.2, 0.25) is 0 Å². The van der Waals surface area contributed by atoms with Gasteiger partial charge in [0.2, 0.25) is 5.91 Å². The monoisotopic (exact) mass is 266 g/mol. The highest BCUT2D eigenvalue weighted by atomic mass is 16.2. The third-order valence-electron chi connectivity index (χ3n) is 3.02. The van der Waals surface area contributed by atoms with E-state index in [1.165, 1.54) is 0 Å². The van der Waals surface area contributed by atoms with Crippen LogP contribution in [0.15, 0.2) is 6.20 Å². The molecule has 0 aliphatic heterocycles. The first kappa shape index (κ1) is 15.7. The highest BCUT2D eigenvalue weighted by Crippen LogP contribution is 2.24. The minimum absolute atomic E-state index is 0.00701. The SMILES string of the molecule is CC(NCc1cn(C)nc1C(C)(C)C)C(=O)N(C)C. The molecule has 0 saturated carbocycles. The van der Waals surface area contributed by atoms with Crippen molar-refractivity contribution >= 4 is 5.91 Å². The maximum atomic E-state index is 11.8. The molecule has 1 N–H and O–H groups in total. The molecule has 0 fully saturated rings. The molecule has 0 spiro atoms. The Hall–Kier alpha value is -1.36. The Labute approximate surface area is 116 Å². The van der Waals surface area contributed by atoms with E-state index in [1.54, 1.807) is 19.0 Å². The van der Waals surface area contributed by atoms with Gasteiger partial charge in [-0.1, -0.05) is 20.8 Å². The van der Waals surface area contributed by atoms with Gasteiger partial charge >= 0.3 is 0 Å². The molecule has 5 nitrogen and oxygen atoms in total. The van der Waals surface area contributed by atoms with Crippen LogP contribution in [0, 0.1) is 0 Å². The van der Waals surface area contributed by atoms with E-state index < -0.39 is 0 Å². The standard InChI is InChI=1S/C14H26N4O/c1-10(13(19)17(5)6)15-8-11-9-18(7)16-12(11)14(2,3)4/h9-10,15H,8H2,1-7H3. The van der Waals surface area contributed by atoms with Crippen LogP contribution in [-0.4, -0.2) is 40.7 Å². The molecule has 1 heterocycles. The molecular weight excluding hydrogens is 240 g/mol. The molecule has 1 unspecified atom stereocenters. The molecule has 0 bridgehead atoms. The average Bonchev–Trinajstić information content (AvgIpc) is 2.66. The summed E-state index contributed by atoms with van der Waals surface area (Å²) in [5.74, 6) is 0.0844. The second kappa shape index (κ2) is 5.74. The van der Waals surface area contributed by atoms with E-state index in [4.69, 9.17) is 0 Å². The fraction of sp³-hybridized carbons (Fsp3) is 0.714. The maximum Gasteiger partial charge on any atom is 0.238 e. The van der Waals surface area contributed by atoms with Gasteiger partial charge in [0.15, 0.2) is 0 Å². The Morgan fingerprint density at radius 1 is 1.47 bits per heavy atom. The van der Waals surface area contributed by atoms with Gasteiger partial charge in [0.25, 0.3) is 0 Å². The van der Waals surface area contributed by atoms with Gasteiger partial charge in [-0.2, -0.15) is 5.10 Å². The van der Waals surface area contributed by atoms with Crippen molar-refractivity contribution in [3.05, 3.63) is 17.5 Å². The highest BCUT2D eigenvalue weighted by Gasteiger charge is 2.22. The van der Waals surface area contributed by atoms with Gasteiger partial charge in [0.1, 0.15) is 0 Å². The van der Waals surface area contributed by atoms with Gasteiger partial charge in [0.05, 0.1) is 11.7 Å². The van der Waals surface area contributed by atoms with Crippen LogP contribution in [-0.2, 0) is 23.8 Å². The normalized spacial score (nSPS) is 13.4. The van der Waals surface area contributed by atoms with E-state index in [9.17, 15) is 4.79 Å². The zero-order valence-corrected chi connectivity index (χ0v) is 13.1. The van der Waals surface area contributed by atoms with E-state index >= 15 is 0 Å². The molecule has 0 saturated heterocycles. The summed E-state index contributed by atoms with van der Waals surface area (Å²) in [4.78, 5) is 13.4. The lowest BCUT2D eigenvalue weighted by Crippen LogP contribution is -2.41. The quantitative estimate of drug-likeness (QED) is 0.893. The maximum absolute atomic E-state index is 11.8. The summed E-state index contributed by atoms with van der Waals surface area (Å²) in [5, 5.41) is 7.78. The van der Waals surface area contributed by atoms with E-state index in [0.717, 1.165) is 11.3 Å². The van der Waals surface area contributed by atoms with Crippen molar-refractivity contribution in [2.75, 3.05) is 14.1 Å². The average molecular weight is 266 g/mol. The minimum Gasteiger partial charge on any atom is -0.347 e. The van der Waals surface area contributed by atoms with Crippen molar-refractivity contribution in [2.45, 2.75) is 45.7 Å². The lowest BCUT2D eigenvalue weighted by atomic mass is 9.89. The fourth-order valence-electron chi connectivity index (χ4n) is 2.04.